The molecule has 19 heavy (non-hydrogen) atoms. The van der Waals surface area contributed by atoms with Crippen molar-refractivity contribution >= 4 is 17.8 Å². The number of hydrogen-bond donors (Lipinski definition) is 2. The summed E-state index contributed by atoms with van der Waals surface area (Å²) in [5.74, 6) is -2.32. The smallest absolute Gasteiger partial charge is 0.433 e. The average Bonchev–Trinajstić information content (AvgIpc) is 2.75. The van der Waals surface area contributed by atoms with Crippen LogP contribution in [0.5, 0.6) is 0 Å². The number of carbonyl (C=O) groups excluding carboxylic acids is 1. The molecule has 0 radical (unpaired) electrons. The number of furan rings is 1. The summed E-state index contributed by atoms with van der Waals surface area (Å²) in [6, 6.07) is 2.26. The van der Waals surface area contributed by atoms with E-state index in [0.29, 0.717) is 12.8 Å². The lowest BCUT2D eigenvalue weighted by Gasteiger charge is -2.37. The predicted molar refractivity (Wildman–Crippen MR) is 61.6 cm³/mol. The van der Waals surface area contributed by atoms with Gasteiger partial charge in [-0.15, -0.1) is 0 Å². The third kappa shape index (κ3) is 2.42. The van der Waals surface area contributed by atoms with E-state index in [2.05, 4.69) is 5.32 Å². The first-order valence-electron chi connectivity index (χ1n) is 5.70. The van der Waals surface area contributed by atoms with Crippen LogP contribution in [0.4, 0.5) is 5.88 Å². The highest BCUT2D eigenvalue weighted by Crippen LogP contribution is 2.40. The van der Waals surface area contributed by atoms with Gasteiger partial charge in [-0.3, -0.25) is 19.7 Å². The summed E-state index contributed by atoms with van der Waals surface area (Å²) < 4.78 is 4.73. The van der Waals surface area contributed by atoms with Gasteiger partial charge in [-0.25, -0.2) is 0 Å². The molecule has 1 amide bonds. The first-order valence-corrected chi connectivity index (χ1v) is 5.70. The van der Waals surface area contributed by atoms with Crippen molar-refractivity contribution in [1.82, 2.24) is 5.32 Å². The van der Waals surface area contributed by atoms with E-state index in [1.165, 1.54) is 6.07 Å². The largest absolute Gasteiger partial charge is 0.481 e. The number of nitro groups is 1. The van der Waals surface area contributed by atoms with Crippen molar-refractivity contribution in [3.05, 3.63) is 28.0 Å². The second-order valence-electron chi connectivity index (χ2n) is 4.52. The number of rotatable bonds is 5. The van der Waals surface area contributed by atoms with Crippen molar-refractivity contribution in [2.24, 2.45) is 5.41 Å². The first-order chi connectivity index (χ1) is 8.94. The van der Waals surface area contributed by atoms with Gasteiger partial charge in [0.05, 0.1) is 11.5 Å². The molecule has 1 saturated carbocycles. The Morgan fingerprint density at radius 2 is 2.16 bits per heavy atom. The molecule has 0 aliphatic heterocycles. The van der Waals surface area contributed by atoms with Gasteiger partial charge in [-0.1, -0.05) is 6.42 Å². The fourth-order valence-corrected chi connectivity index (χ4v) is 1.95. The van der Waals surface area contributed by atoms with Gasteiger partial charge in [0.1, 0.15) is 4.92 Å². The number of hydrogen-bond acceptors (Lipinski definition) is 5. The number of nitrogens with one attached hydrogen (secondary N) is 1. The fourth-order valence-electron chi connectivity index (χ4n) is 1.95. The third-order valence-electron chi connectivity index (χ3n) is 3.35. The van der Waals surface area contributed by atoms with Gasteiger partial charge < -0.3 is 14.8 Å². The summed E-state index contributed by atoms with van der Waals surface area (Å²) in [7, 11) is 0. The quantitative estimate of drug-likeness (QED) is 0.610. The zero-order chi connectivity index (χ0) is 14.0. The van der Waals surface area contributed by atoms with Crippen LogP contribution in [0.2, 0.25) is 0 Å². The number of carboxylic acids is 1. The summed E-state index contributed by atoms with van der Waals surface area (Å²) in [6.07, 6.45) is 1.84. The molecule has 2 N–H and O–H groups in total. The molecule has 0 spiro atoms. The van der Waals surface area contributed by atoms with Crippen molar-refractivity contribution in [3.8, 4) is 0 Å². The van der Waals surface area contributed by atoms with E-state index < -0.39 is 28.1 Å². The highest BCUT2D eigenvalue weighted by Gasteiger charge is 2.44. The van der Waals surface area contributed by atoms with E-state index >= 15 is 0 Å². The molecule has 1 heterocycles. The summed E-state index contributed by atoms with van der Waals surface area (Å²) >= 11 is 0. The van der Waals surface area contributed by atoms with Crippen LogP contribution in [0, 0.1) is 15.5 Å². The second kappa shape index (κ2) is 4.71. The van der Waals surface area contributed by atoms with E-state index in [1.807, 2.05) is 0 Å². The van der Waals surface area contributed by atoms with Crippen LogP contribution in [-0.2, 0) is 4.79 Å². The Balaban J connectivity index is 1.97. The van der Waals surface area contributed by atoms with E-state index in [9.17, 15) is 19.7 Å². The zero-order valence-electron chi connectivity index (χ0n) is 9.92. The number of nitrogens with zero attached hydrogens (tertiary/aromatic N) is 1. The fraction of sp³-hybridized carbons (Fsp3) is 0.455. The molecule has 8 heteroatoms. The summed E-state index contributed by atoms with van der Waals surface area (Å²) in [5, 5.41) is 21.9. The maximum absolute atomic E-state index is 11.7. The number of carbonyl (C=O) groups is 2. The van der Waals surface area contributed by atoms with Gasteiger partial charge in [0.2, 0.25) is 0 Å². The van der Waals surface area contributed by atoms with Gasteiger partial charge >= 0.3 is 11.9 Å². The second-order valence-corrected chi connectivity index (χ2v) is 4.52. The van der Waals surface area contributed by atoms with Crippen molar-refractivity contribution < 1.29 is 24.0 Å². The van der Waals surface area contributed by atoms with Crippen molar-refractivity contribution in [1.29, 1.82) is 0 Å². The molecule has 0 atom stereocenters. The third-order valence-corrected chi connectivity index (χ3v) is 3.35. The highest BCUT2D eigenvalue weighted by atomic mass is 16.6. The molecule has 1 aliphatic rings. The van der Waals surface area contributed by atoms with Crippen molar-refractivity contribution in [2.75, 3.05) is 6.54 Å². The van der Waals surface area contributed by atoms with E-state index in [-0.39, 0.29) is 12.3 Å². The van der Waals surface area contributed by atoms with Crippen LogP contribution in [-0.4, -0.2) is 28.5 Å². The Kier molecular flexibility index (Phi) is 3.24. The SMILES string of the molecule is O=C(NCC1(C(=O)O)CCC1)c1ccc([N+](=O)[O-])o1. The van der Waals surface area contributed by atoms with Crippen LogP contribution in [0.1, 0.15) is 29.8 Å². The Hall–Kier alpha value is -2.38. The Bertz CT molecular complexity index is 531. The predicted octanol–water partition coefficient (Wildman–Crippen LogP) is 1.17. The van der Waals surface area contributed by atoms with Gasteiger partial charge in [-0.2, -0.15) is 0 Å². The van der Waals surface area contributed by atoms with Gasteiger partial charge in [0.25, 0.3) is 5.91 Å². The molecular formula is C11H12N2O6. The van der Waals surface area contributed by atoms with Crippen molar-refractivity contribution in [3.63, 3.8) is 0 Å². The summed E-state index contributed by atoms with van der Waals surface area (Å²) in [5.41, 5.74) is -0.909. The van der Waals surface area contributed by atoms with E-state index in [1.54, 1.807) is 0 Å². The van der Waals surface area contributed by atoms with Crippen LogP contribution in [0.3, 0.4) is 0 Å². The molecule has 0 aromatic carbocycles. The van der Waals surface area contributed by atoms with Gasteiger partial charge in [-0.05, 0) is 18.9 Å². The lowest BCUT2D eigenvalue weighted by molar-refractivity contribution is -0.402. The maximum atomic E-state index is 11.7. The minimum atomic E-state index is -0.940. The minimum absolute atomic E-state index is 0.00430. The molecule has 1 fully saturated rings. The van der Waals surface area contributed by atoms with Crippen LogP contribution in [0.25, 0.3) is 0 Å². The standard InChI is InChI=1S/C11H12N2O6/c14-9(7-2-3-8(19-7)13(17)18)12-6-11(10(15)16)4-1-5-11/h2-3H,1,4-6H2,(H,12,14)(H,15,16). The summed E-state index contributed by atoms with van der Waals surface area (Å²) in [6.45, 7) is -0.00430. The number of amides is 1. The Morgan fingerprint density at radius 1 is 1.47 bits per heavy atom. The highest BCUT2D eigenvalue weighted by molar-refractivity contribution is 5.92. The topological polar surface area (TPSA) is 123 Å². The van der Waals surface area contributed by atoms with Gasteiger partial charge in [0, 0.05) is 6.54 Å². The Morgan fingerprint density at radius 3 is 2.58 bits per heavy atom. The summed E-state index contributed by atoms with van der Waals surface area (Å²) in [4.78, 5) is 32.4. The van der Waals surface area contributed by atoms with E-state index in [4.69, 9.17) is 9.52 Å². The molecule has 2 rings (SSSR count). The molecule has 0 bridgehead atoms. The van der Waals surface area contributed by atoms with E-state index in [0.717, 1.165) is 12.5 Å². The average molecular weight is 268 g/mol. The number of carboxylic acid groups (broad SMARTS) is 1. The normalized spacial score (nSPS) is 16.4. The molecule has 0 saturated heterocycles. The molecule has 8 nitrogen and oxygen atoms in total. The molecule has 1 aromatic heterocycles. The Labute approximate surface area is 107 Å². The molecule has 1 aromatic rings. The zero-order valence-corrected chi connectivity index (χ0v) is 9.92. The van der Waals surface area contributed by atoms with Crippen LogP contribution >= 0.6 is 0 Å². The molecular weight excluding hydrogens is 256 g/mol. The van der Waals surface area contributed by atoms with Crippen LogP contribution < -0.4 is 5.32 Å². The molecule has 1 aliphatic carbocycles. The maximum Gasteiger partial charge on any atom is 0.433 e. The first kappa shape index (κ1) is 13.1. The monoisotopic (exact) mass is 268 g/mol. The minimum Gasteiger partial charge on any atom is -0.481 e. The van der Waals surface area contributed by atoms with Crippen molar-refractivity contribution in [2.45, 2.75) is 19.3 Å². The molecule has 102 valence electrons. The lowest BCUT2D eigenvalue weighted by Crippen LogP contribution is -2.47. The lowest BCUT2D eigenvalue weighted by atomic mass is 9.69. The van der Waals surface area contributed by atoms with Gasteiger partial charge in [0.15, 0.2) is 5.76 Å². The number of aliphatic carboxylic acids is 1. The molecule has 0 unspecified atom stereocenters. The van der Waals surface area contributed by atoms with Crippen LogP contribution in [0.15, 0.2) is 16.5 Å².